The summed E-state index contributed by atoms with van der Waals surface area (Å²) in [6.07, 6.45) is 0.596. The number of rotatable bonds is 6. The maximum atomic E-state index is 11.7. The minimum atomic E-state index is -0.216. The predicted octanol–water partition coefficient (Wildman–Crippen LogP) is 2.67. The van der Waals surface area contributed by atoms with Crippen molar-refractivity contribution in [1.82, 2.24) is 15.0 Å². The third kappa shape index (κ3) is 4.54. The first-order valence-electron chi connectivity index (χ1n) is 8.93. The van der Waals surface area contributed by atoms with Gasteiger partial charge in [-0.1, -0.05) is 17.3 Å². The first-order chi connectivity index (χ1) is 12.7. The Morgan fingerprint density at radius 1 is 1.23 bits per heavy atom. The summed E-state index contributed by atoms with van der Waals surface area (Å²) in [4.78, 5) is 15.8. The van der Waals surface area contributed by atoms with Crippen LogP contribution in [0.2, 0.25) is 0 Å². The summed E-state index contributed by atoms with van der Waals surface area (Å²) < 4.78 is 15.8. The molecule has 0 saturated carbocycles. The van der Waals surface area contributed by atoms with Crippen molar-refractivity contribution >= 4 is 6.09 Å². The first-order valence-corrected chi connectivity index (χ1v) is 8.93. The molecule has 1 aromatic carbocycles. The standard InChI is InChI=1S/C19H25N3O4/c1-3-25-19(23)22-11-9-21(10-12-22)8-7-16-14-18(26-20-16)15-5-4-6-17(13-15)24-2/h4-6,13-14H,3,7-12H2,1-2H3. The number of hydrogen-bond donors (Lipinski definition) is 0. The second-order valence-corrected chi connectivity index (χ2v) is 6.19. The summed E-state index contributed by atoms with van der Waals surface area (Å²) in [5.41, 5.74) is 1.88. The van der Waals surface area contributed by atoms with Crippen molar-refractivity contribution in [3.63, 3.8) is 0 Å². The highest BCUT2D eigenvalue weighted by atomic mass is 16.6. The molecule has 0 aliphatic carbocycles. The second-order valence-electron chi connectivity index (χ2n) is 6.19. The lowest BCUT2D eigenvalue weighted by Gasteiger charge is -2.33. The number of carbonyl (C=O) groups excluding carboxylic acids is 1. The predicted molar refractivity (Wildman–Crippen MR) is 97.2 cm³/mol. The van der Waals surface area contributed by atoms with Gasteiger partial charge in [-0.2, -0.15) is 0 Å². The van der Waals surface area contributed by atoms with Gasteiger partial charge in [0.25, 0.3) is 0 Å². The van der Waals surface area contributed by atoms with E-state index in [9.17, 15) is 4.79 Å². The van der Waals surface area contributed by atoms with Crippen LogP contribution >= 0.6 is 0 Å². The van der Waals surface area contributed by atoms with E-state index in [1.807, 2.05) is 37.3 Å². The summed E-state index contributed by atoms with van der Waals surface area (Å²) >= 11 is 0. The molecule has 0 N–H and O–H groups in total. The molecule has 0 spiro atoms. The number of aromatic nitrogens is 1. The normalized spacial score (nSPS) is 15.1. The van der Waals surface area contributed by atoms with Crippen LogP contribution in [-0.4, -0.2) is 67.5 Å². The van der Waals surface area contributed by atoms with Gasteiger partial charge in [-0.15, -0.1) is 0 Å². The average Bonchev–Trinajstić information content (AvgIpc) is 3.16. The van der Waals surface area contributed by atoms with E-state index in [0.717, 1.165) is 48.8 Å². The molecule has 1 saturated heterocycles. The lowest BCUT2D eigenvalue weighted by atomic mass is 10.1. The van der Waals surface area contributed by atoms with Crippen molar-refractivity contribution in [3.05, 3.63) is 36.0 Å². The minimum Gasteiger partial charge on any atom is -0.497 e. The highest BCUT2D eigenvalue weighted by Crippen LogP contribution is 2.24. The van der Waals surface area contributed by atoms with Crippen LogP contribution < -0.4 is 4.74 Å². The van der Waals surface area contributed by atoms with E-state index in [1.54, 1.807) is 12.0 Å². The van der Waals surface area contributed by atoms with Crippen molar-refractivity contribution in [2.75, 3.05) is 46.4 Å². The van der Waals surface area contributed by atoms with Gasteiger partial charge in [0.1, 0.15) is 5.75 Å². The van der Waals surface area contributed by atoms with E-state index in [4.69, 9.17) is 14.0 Å². The molecule has 140 valence electrons. The maximum absolute atomic E-state index is 11.7. The number of ether oxygens (including phenoxy) is 2. The van der Waals surface area contributed by atoms with Crippen molar-refractivity contribution in [3.8, 4) is 17.1 Å². The minimum absolute atomic E-state index is 0.216. The lowest BCUT2D eigenvalue weighted by Crippen LogP contribution is -2.49. The fraction of sp³-hybridized carbons (Fsp3) is 0.474. The third-order valence-electron chi connectivity index (χ3n) is 4.50. The van der Waals surface area contributed by atoms with Crippen molar-refractivity contribution in [2.45, 2.75) is 13.3 Å². The molecule has 7 nitrogen and oxygen atoms in total. The largest absolute Gasteiger partial charge is 0.497 e. The number of piperazine rings is 1. The Balaban J connectivity index is 1.49. The van der Waals surface area contributed by atoms with Gasteiger partial charge in [0.15, 0.2) is 5.76 Å². The molecule has 3 rings (SSSR count). The second kappa shape index (κ2) is 8.71. The number of amides is 1. The number of benzene rings is 1. The third-order valence-corrected chi connectivity index (χ3v) is 4.50. The van der Waals surface area contributed by atoms with Crippen LogP contribution in [0, 0.1) is 0 Å². The molecule has 1 aliphatic rings. The van der Waals surface area contributed by atoms with E-state index >= 15 is 0 Å². The lowest BCUT2D eigenvalue weighted by molar-refractivity contribution is 0.0798. The molecule has 0 bridgehead atoms. The number of methoxy groups -OCH3 is 1. The molecular formula is C19H25N3O4. The number of hydrogen-bond acceptors (Lipinski definition) is 6. The Kier molecular flexibility index (Phi) is 6.12. The smallest absolute Gasteiger partial charge is 0.409 e. The highest BCUT2D eigenvalue weighted by molar-refractivity contribution is 5.67. The van der Waals surface area contributed by atoms with Gasteiger partial charge < -0.3 is 18.9 Å². The monoisotopic (exact) mass is 359 g/mol. The topological polar surface area (TPSA) is 68.0 Å². The Bertz CT molecular complexity index is 723. The van der Waals surface area contributed by atoms with Crippen molar-refractivity contribution in [1.29, 1.82) is 0 Å². The van der Waals surface area contributed by atoms with Gasteiger partial charge in [-0.3, -0.25) is 4.90 Å². The van der Waals surface area contributed by atoms with E-state index in [2.05, 4.69) is 10.1 Å². The summed E-state index contributed by atoms with van der Waals surface area (Å²) in [5.74, 6) is 1.53. The van der Waals surface area contributed by atoms with Crippen molar-refractivity contribution in [2.24, 2.45) is 0 Å². The summed E-state index contributed by atoms with van der Waals surface area (Å²) in [7, 11) is 1.65. The number of carbonyl (C=O) groups is 1. The van der Waals surface area contributed by atoms with Gasteiger partial charge in [0.05, 0.1) is 19.4 Å². The zero-order valence-corrected chi connectivity index (χ0v) is 15.3. The van der Waals surface area contributed by atoms with Crippen LogP contribution in [0.25, 0.3) is 11.3 Å². The molecule has 2 aromatic rings. The van der Waals surface area contributed by atoms with E-state index < -0.39 is 0 Å². The van der Waals surface area contributed by atoms with E-state index in [1.165, 1.54) is 0 Å². The Morgan fingerprint density at radius 3 is 2.77 bits per heavy atom. The number of nitrogens with zero attached hydrogens (tertiary/aromatic N) is 3. The van der Waals surface area contributed by atoms with Crippen LogP contribution in [0.1, 0.15) is 12.6 Å². The quantitative estimate of drug-likeness (QED) is 0.790. The Labute approximate surface area is 153 Å². The zero-order chi connectivity index (χ0) is 18.4. The highest BCUT2D eigenvalue weighted by Gasteiger charge is 2.21. The molecule has 1 aromatic heterocycles. The van der Waals surface area contributed by atoms with Crippen LogP contribution in [0.4, 0.5) is 4.79 Å². The summed E-state index contributed by atoms with van der Waals surface area (Å²) in [6.45, 7) is 6.23. The molecule has 1 fully saturated rings. The first kappa shape index (κ1) is 18.3. The van der Waals surface area contributed by atoms with Crippen LogP contribution in [0.5, 0.6) is 5.75 Å². The van der Waals surface area contributed by atoms with Crippen LogP contribution in [0.15, 0.2) is 34.9 Å². The molecule has 2 heterocycles. The zero-order valence-electron chi connectivity index (χ0n) is 15.3. The van der Waals surface area contributed by atoms with E-state index in [0.29, 0.717) is 19.7 Å². The van der Waals surface area contributed by atoms with Gasteiger partial charge in [0, 0.05) is 50.8 Å². The van der Waals surface area contributed by atoms with Gasteiger partial charge in [-0.05, 0) is 19.1 Å². The molecule has 1 aliphatic heterocycles. The molecule has 0 atom stereocenters. The maximum Gasteiger partial charge on any atom is 0.409 e. The fourth-order valence-corrected chi connectivity index (χ4v) is 2.98. The fourth-order valence-electron chi connectivity index (χ4n) is 2.98. The molecule has 7 heteroatoms. The molecular weight excluding hydrogens is 334 g/mol. The average molecular weight is 359 g/mol. The van der Waals surface area contributed by atoms with Crippen molar-refractivity contribution < 1.29 is 18.8 Å². The summed E-state index contributed by atoms with van der Waals surface area (Å²) in [5, 5.41) is 4.17. The van der Waals surface area contributed by atoms with Gasteiger partial charge in [-0.25, -0.2) is 4.79 Å². The SMILES string of the molecule is CCOC(=O)N1CCN(CCc2cc(-c3cccc(OC)c3)on2)CC1. The molecule has 0 unspecified atom stereocenters. The van der Waals surface area contributed by atoms with Gasteiger partial charge >= 0.3 is 6.09 Å². The summed E-state index contributed by atoms with van der Waals surface area (Å²) in [6, 6.07) is 9.71. The Hall–Kier alpha value is -2.54. The van der Waals surface area contributed by atoms with E-state index in [-0.39, 0.29) is 6.09 Å². The molecule has 1 amide bonds. The molecule has 26 heavy (non-hydrogen) atoms. The van der Waals surface area contributed by atoms with Gasteiger partial charge in [0.2, 0.25) is 0 Å². The molecule has 0 radical (unpaired) electrons. The van der Waals surface area contributed by atoms with Crippen LogP contribution in [0.3, 0.4) is 0 Å². The van der Waals surface area contributed by atoms with Crippen LogP contribution in [-0.2, 0) is 11.2 Å². The Morgan fingerprint density at radius 2 is 2.04 bits per heavy atom.